The number of hydrogen-bond acceptors (Lipinski definition) is 2. The number of hydrogen-bond donors (Lipinski definition) is 1. The van der Waals surface area contributed by atoms with Gasteiger partial charge >= 0.3 is 0 Å². The molecule has 0 rings (SSSR count). The molecule has 0 spiro atoms. The molecule has 2 nitrogen and oxygen atoms in total. The lowest BCUT2D eigenvalue weighted by atomic mass is 10.2. The number of nitrogens with one attached hydrogen (secondary N) is 1. The first kappa shape index (κ1) is 6.63. The zero-order valence-corrected chi connectivity index (χ0v) is 4.69. The van der Waals surface area contributed by atoms with Crippen molar-refractivity contribution in [2.24, 2.45) is 0 Å². The highest BCUT2D eigenvalue weighted by Gasteiger charge is 2.00. The van der Waals surface area contributed by atoms with E-state index in [1.54, 1.807) is 6.92 Å². The Hall–Kier alpha value is -0.370. The van der Waals surface area contributed by atoms with E-state index in [4.69, 9.17) is 0 Å². The van der Waals surface area contributed by atoms with E-state index in [9.17, 15) is 4.79 Å². The zero-order chi connectivity index (χ0) is 5.86. The van der Waals surface area contributed by atoms with Gasteiger partial charge in [0.25, 0.3) is 0 Å². The normalized spacial score (nSPS) is 13.6. The summed E-state index contributed by atoms with van der Waals surface area (Å²) in [6, 6.07) is -0.0972. The van der Waals surface area contributed by atoms with Crippen molar-refractivity contribution in [3.63, 3.8) is 0 Å². The third-order valence-corrected chi connectivity index (χ3v) is 0.916. The maximum Gasteiger partial charge on any atom is 0.146 e. The summed E-state index contributed by atoms with van der Waals surface area (Å²) >= 11 is 0. The molecular formula is C5H10NO. The van der Waals surface area contributed by atoms with Crippen molar-refractivity contribution in [1.82, 2.24) is 5.32 Å². The molecule has 0 aliphatic rings. The molecule has 0 saturated heterocycles. The van der Waals surface area contributed by atoms with E-state index in [0.717, 1.165) is 0 Å². The molecule has 0 aromatic heterocycles. The molecule has 0 saturated carbocycles. The van der Waals surface area contributed by atoms with Crippen molar-refractivity contribution >= 4 is 5.78 Å². The van der Waals surface area contributed by atoms with Crippen LogP contribution >= 0.6 is 0 Å². The van der Waals surface area contributed by atoms with Crippen molar-refractivity contribution in [2.75, 3.05) is 0 Å². The summed E-state index contributed by atoms with van der Waals surface area (Å²) in [4.78, 5) is 10.3. The van der Waals surface area contributed by atoms with E-state index in [0.29, 0.717) is 0 Å². The molecule has 0 fully saturated rings. The van der Waals surface area contributed by atoms with Crippen LogP contribution in [0.1, 0.15) is 13.8 Å². The number of carbonyl (C=O) groups is 1. The minimum absolute atomic E-state index is 0.0972. The highest BCUT2D eigenvalue weighted by Crippen LogP contribution is 1.78. The van der Waals surface area contributed by atoms with Gasteiger partial charge in [-0.25, -0.2) is 0 Å². The van der Waals surface area contributed by atoms with Crippen LogP contribution < -0.4 is 5.32 Å². The summed E-state index contributed by atoms with van der Waals surface area (Å²) in [5, 5.41) is 2.56. The molecule has 0 bridgehead atoms. The van der Waals surface area contributed by atoms with E-state index in [1.165, 1.54) is 6.92 Å². The van der Waals surface area contributed by atoms with Gasteiger partial charge in [-0.15, -0.1) is 0 Å². The van der Waals surface area contributed by atoms with Crippen LogP contribution in [0.2, 0.25) is 0 Å². The first-order valence-electron chi connectivity index (χ1n) is 2.21. The lowest BCUT2D eigenvalue weighted by molar-refractivity contribution is -0.118. The Kier molecular flexibility index (Phi) is 2.60. The van der Waals surface area contributed by atoms with Crippen molar-refractivity contribution < 1.29 is 4.79 Å². The topological polar surface area (TPSA) is 29.1 Å². The van der Waals surface area contributed by atoms with Gasteiger partial charge in [0.15, 0.2) is 0 Å². The van der Waals surface area contributed by atoms with E-state index < -0.39 is 0 Å². The highest BCUT2D eigenvalue weighted by molar-refractivity contribution is 5.80. The van der Waals surface area contributed by atoms with E-state index >= 15 is 0 Å². The van der Waals surface area contributed by atoms with Crippen molar-refractivity contribution in [1.29, 1.82) is 0 Å². The molecule has 7 heavy (non-hydrogen) atoms. The number of rotatable bonds is 2. The second-order valence-electron chi connectivity index (χ2n) is 1.54. The minimum Gasteiger partial charge on any atom is -0.306 e. The molecule has 0 aliphatic heterocycles. The molecule has 2 heteroatoms. The van der Waals surface area contributed by atoms with Gasteiger partial charge in [-0.2, -0.15) is 0 Å². The zero-order valence-electron chi connectivity index (χ0n) is 4.69. The lowest BCUT2D eigenvalue weighted by Crippen LogP contribution is -2.26. The quantitative estimate of drug-likeness (QED) is 0.542. The van der Waals surface area contributed by atoms with Gasteiger partial charge in [0.2, 0.25) is 0 Å². The minimum atomic E-state index is -0.0972. The fourth-order valence-electron chi connectivity index (χ4n) is 0.144. The molecule has 1 unspecified atom stereocenters. The summed E-state index contributed by atoms with van der Waals surface area (Å²) in [5.41, 5.74) is 0. The van der Waals surface area contributed by atoms with Crippen LogP contribution in [0.4, 0.5) is 0 Å². The van der Waals surface area contributed by atoms with Crippen molar-refractivity contribution in [3.05, 3.63) is 7.05 Å². The van der Waals surface area contributed by atoms with E-state index in [1.807, 2.05) is 0 Å². The fourth-order valence-corrected chi connectivity index (χ4v) is 0.144. The Morgan fingerprint density at radius 1 is 1.86 bits per heavy atom. The van der Waals surface area contributed by atoms with Crippen LogP contribution in [0.15, 0.2) is 0 Å². The van der Waals surface area contributed by atoms with Crippen LogP contribution in [-0.4, -0.2) is 11.8 Å². The Morgan fingerprint density at radius 2 is 2.29 bits per heavy atom. The first-order valence-corrected chi connectivity index (χ1v) is 2.21. The molecule has 1 radical (unpaired) electrons. The van der Waals surface area contributed by atoms with Gasteiger partial charge in [-0.1, -0.05) is 0 Å². The molecule has 0 aliphatic carbocycles. The van der Waals surface area contributed by atoms with Gasteiger partial charge in [-0.05, 0) is 13.8 Å². The van der Waals surface area contributed by atoms with Crippen LogP contribution in [0, 0.1) is 7.05 Å². The Balaban J connectivity index is 3.34. The molecule has 0 aromatic rings. The summed E-state index contributed by atoms with van der Waals surface area (Å²) in [6.07, 6.45) is 0. The fraction of sp³-hybridized carbons (Fsp3) is 0.600. The predicted molar refractivity (Wildman–Crippen MR) is 28.6 cm³/mol. The van der Waals surface area contributed by atoms with Crippen LogP contribution in [0.5, 0.6) is 0 Å². The van der Waals surface area contributed by atoms with E-state index in [2.05, 4.69) is 12.4 Å². The number of carbonyl (C=O) groups excluding carboxylic acids is 1. The molecule has 1 atom stereocenters. The smallest absolute Gasteiger partial charge is 0.146 e. The largest absolute Gasteiger partial charge is 0.306 e. The third-order valence-electron chi connectivity index (χ3n) is 0.916. The Bertz CT molecular complexity index is 70.5. The second-order valence-corrected chi connectivity index (χ2v) is 1.54. The van der Waals surface area contributed by atoms with Crippen LogP contribution in [0.3, 0.4) is 0 Å². The molecule has 0 amide bonds. The SMILES string of the molecule is [CH2]NC(C)C(C)=O. The maximum atomic E-state index is 10.3. The average Bonchev–Trinajstić information content (AvgIpc) is 1.65. The highest BCUT2D eigenvalue weighted by atomic mass is 16.1. The van der Waals surface area contributed by atoms with Crippen LogP contribution in [-0.2, 0) is 4.79 Å². The Labute approximate surface area is 43.9 Å². The maximum absolute atomic E-state index is 10.3. The summed E-state index contributed by atoms with van der Waals surface area (Å²) in [6.45, 7) is 3.30. The summed E-state index contributed by atoms with van der Waals surface area (Å²) in [7, 11) is 3.34. The molecule has 41 valence electrons. The summed E-state index contributed by atoms with van der Waals surface area (Å²) in [5.74, 6) is 0.120. The van der Waals surface area contributed by atoms with Gasteiger partial charge in [0.05, 0.1) is 6.04 Å². The molecule has 0 aromatic carbocycles. The summed E-state index contributed by atoms with van der Waals surface area (Å²) < 4.78 is 0. The average molecular weight is 100 g/mol. The van der Waals surface area contributed by atoms with Crippen molar-refractivity contribution in [2.45, 2.75) is 19.9 Å². The Morgan fingerprint density at radius 3 is 2.29 bits per heavy atom. The van der Waals surface area contributed by atoms with Crippen LogP contribution in [0.25, 0.3) is 0 Å². The molecular weight excluding hydrogens is 90.1 g/mol. The number of ketones is 1. The standard InChI is InChI=1S/C5H10NO/c1-4(6-3)5(2)7/h4,6H,3H2,1-2H3. The lowest BCUT2D eigenvalue weighted by Gasteiger charge is -2.01. The van der Waals surface area contributed by atoms with Gasteiger partial charge in [-0.3, -0.25) is 4.79 Å². The van der Waals surface area contributed by atoms with Gasteiger partial charge in [0.1, 0.15) is 5.78 Å². The van der Waals surface area contributed by atoms with Gasteiger partial charge < -0.3 is 5.32 Å². The third kappa shape index (κ3) is 2.34. The molecule has 1 N–H and O–H groups in total. The predicted octanol–water partition coefficient (Wildman–Crippen LogP) is 0.345. The number of Topliss-reactive ketones (excluding diaryl/α,β-unsaturated/α-hetero) is 1. The van der Waals surface area contributed by atoms with E-state index in [-0.39, 0.29) is 11.8 Å². The van der Waals surface area contributed by atoms with Crippen molar-refractivity contribution in [3.8, 4) is 0 Å². The first-order chi connectivity index (χ1) is 3.18. The molecule has 0 heterocycles. The monoisotopic (exact) mass is 100 g/mol. The van der Waals surface area contributed by atoms with Gasteiger partial charge in [0, 0.05) is 7.05 Å². The second kappa shape index (κ2) is 2.75.